The van der Waals surface area contributed by atoms with Crippen LogP contribution in [0, 0.1) is 26.7 Å². The lowest BCUT2D eigenvalue weighted by Gasteiger charge is -2.14. The van der Waals surface area contributed by atoms with Crippen molar-refractivity contribution in [2.24, 2.45) is 5.92 Å². The molecular weight excluding hydrogens is 276 g/mol. The summed E-state index contributed by atoms with van der Waals surface area (Å²) >= 11 is 0. The molecule has 0 saturated heterocycles. The highest BCUT2D eigenvalue weighted by atomic mass is 16.3. The van der Waals surface area contributed by atoms with E-state index in [1.54, 1.807) is 0 Å². The lowest BCUT2D eigenvalue weighted by atomic mass is 10.0. The number of aliphatic hydroxyl groups excluding tert-OH is 1. The number of fused-ring (bicyclic) bond motifs is 1. The molecule has 4 nitrogen and oxygen atoms in total. The second-order valence-corrected chi connectivity index (χ2v) is 6.58. The zero-order chi connectivity index (χ0) is 16.4. The molecule has 1 aromatic carbocycles. The van der Waals surface area contributed by atoms with E-state index in [0.29, 0.717) is 18.9 Å². The number of H-pyrrole nitrogens is 1. The third-order valence-electron chi connectivity index (χ3n) is 4.09. The van der Waals surface area contributed by atoms with Crippen LogP contribution in [-0.4, -0.2) is 22.1 Å². The maximum absolute atomic E-state index is 12.0. The molecule has 120 valence electrons. The summed E-state index contributed by atoms with van der Waals surface area (Å²) in [5.74, 6) is -0.0107. The van der Waals surface area contributed by atoms with Crippen LogP contribution in [0.4, 0.5) is 0 Å². The minimum atomic E-state index is -0.938. The Morgan fingerprint density at radius 1 is 1.27 bits per heavy atom. The summed E-state index contributed by atoms with van der Waals surface area (Å²) in [6, 6.07) is 4.24. The van der Waals surface area contributed by atoms with Gasteiger partial charge in [-0.15, -0.1) is 0 Å². The molecule has 0 aliphatic rings. The van der Waals surface area contributed by atoms with Crippen LogP contribution in [0.3, 0.4) is 0 Å². The fourth-order valence-electron chi connectivity index (χ4n) is 2.78. The second kappa shape index (κ2) is 6.53. The highest BCUT2D eigenvalue weighted by Gasteiger charge is 2.17. The van der Waals surface area contributed by atoms with Gasteiger partial charge in [-0.2, -0.15) is 0 Å². The summed E-state index contributed by atoms with van der Waals surface area (Å²) in [4.78, 5) is 15.4. The number of carbonyl (C=O) groups excluding carboxylic acids is 1. The largest absolute Gasteiger partial charge is 0.383 e. The van der Waals surface area contributed by atoms with Crippen molar-refractivity contribution in [2.45, 2.75) is 53.7 Å². The predicted molar refractivity (Wildman–Crippen MR) is 89.8 cm³/mol. The molecule has 4 heteroatoms. The average Bonchev–Trinajstić information content (AvgIpc) is 2.71. The van der Waals surface area contributed by atoms with Gasteiger partial charge in [-0.25, -0.2) is 0 Å². The van der Waals surface area contributed by atoms with Gasteiger partial charge in [0.25, 0.3) is 0 Å². The van der Waals surface area contributed by atoms with Crippen LogP contribution in [-0.2, 0) is 11.3 Å². The quantitative estimate of drug-likeness (QED) is 0.794. The molecule has 0 fully saturated rings. The van der Waals surface area contributed by atoms with E-state index < -0.39 is 6.10 Å². The summed E-state index contributed by atoms with van der Waals surface area (Å²) in [6.45, 7) is 10.6. The first-order valence-electron chi connectivity index (χ1n) is 7.83. The van der Waals surface area contributed by atoms with Crippen molar-refractivity contribution >= 4 is 16.8 Å². The molecule has 1 unspecified atom stereocenters. The van der Waals surface area contributed by atoms with Gasteiger partial charge in [0.2, 0.25) is 5.91 Å². The van der Waals surface area contributed by atoms with E-state index in [0.717, 1.165) is 16.8 Å². The summed E-state index contributed by atoms with van der Waals surface area (Å²) in [5, 5.41) is 13.9. The molecule has 1 atom stereocenters. The zero-order valence-electron chi connectivity index (χ0n) is 14.1. The topological polar surface area (TPSA) is 65.1 Å². The molecule has 2 aromatic rings. The standard InChI is InChI=1S/C18H26N2O2/c1-10(2)6-16(21)18(22)19-9-14-7-11(3)8-15-12(4)13(5)20-17(14)15/h7-8,10,16,20-21H,6,9H2,1-5H3,(H,19,22). The molecule has 0 spiro atoms. The van der Waals surface area contributed by atoms with Crippen LogP contribution in [0.2, 0.25) is 0 Å². The van der Waals surface area contributed by atoms with Gasteiger partial charge in [0, 0.05) is 17.6 Å². The number of aliphatic hydroxyl groups is 1. The maximum atomic E-state index is 12.0. The molecule has 0 aliphatic carbocycles. The number of hydrogen-bond donors (Lipinski definition) is 3. The van der Waals surface area contributed by atoms with Gasteiger partial charge in [-0.1, -0.05) is 25.5 Å². The third kappa shape index (κ3) is 3.50. The Labute approximate surface area is 131 Å². The lowest BCUT2D eigenvalue weighted by molar-refractivity contribution is -0.130. The van der Waals surface area contributed by atoms with Gasteiger partial charge in [0.05, 0.1) is 5.52 Å². The van der Waals surface area contributed by atoms with Crippen LogP contribution < -0.4 is 5.32 Å². The highest BCUT2D eigenvalue weighted by molar-refractivity contribution is 5.88. The number of aromatic amines is 1. The van der Waals surface area contributed by atoms with E-state index in [1.807, 2.05) is 13.8 Å². The van der Waals surface area contributed by atoms with Gasteiger partial charge in [-0.3, -0.25) is 4.79 Å². The molecule has 1 aromatic heterocycles. The van der Waals surface area contributed by atoms with E-state index >= 15 is 0 Å². The van der Waals surface area contributed by atoms with E-state index in [9.17, 15) is 9.90 Å². The fourth-order valence-corrected chi connectivity index (χ4v) is 2.78. The first kappa shape index (κ1) is 16.6. The zero-order valence-corrected chi connectivity index (χ0v) is 14.1. The van der Waals surface area contributed by atoms with Crippen LogP contribution >= 0.6 is 0 Å². The van der Waals surface area contributed by atoms with E-state index in [1.165, 1.54) is 16.5 Å². The molecular formula is C18H26N2O2. The number of aromatic nitrogens is 1. The Morgan fingerprint density at radius 3 is 2.59 bits per heavy atom. The minimum Gasteiger partial charge on any atom is -0.383 e. The number of aryl methyl sites for hydroxylation is 3. The number of carbonyl (C=O) groups is 1. The third-order valence-corrected chi connectivity index (χ3v) is 4.09. The number of nitrogens with one attached hydrogen (secondary N) is 2. The van der Waals surface area contributed by atoms with Crippen molar-refractivity contribution in [3.05, 3.63) is 34.5 Å². The number of rotatable bonds is 5. The Bertz CT molecular complexity index is 686. The van der Waals surface area contributed by atoms with Gasteiger partial charge >= 0.3 is 0 Å². The molecule has 0 aliphatic heterocycles. The van der Waals surface area contributed by atoms with Gasteiger partial charge in [0.15, 0.2) is 0 Å². The van der Waals surface area contributed by atoms with Crippen molar-refractivity contribution in [3.8, 4) is 0 Å². The molecule has 0 radical (unpaired) electrons. The molecule has 22 heavy (non-hydrogen) atoms. The molecule has 0 saturated carbocycles. The Kier molecular flexibility index (Phi) is 4.91. The van der Waals surface area contributed by atoms with E-state index in [2.05, 4.69) is 43.2 Å². The Hall–Kier alpha value is -1.81. The van der Waals surface area contributed by atoms with Crippen molar-refractivity contribution in [2.75, 3.05) is 0 Å². The highest BCUT2D eigenvalue weighted by Crippen LogP contribution is 2.26. The van der Waals surface area contributed by atoms with Gasteiger partial charge in [-0.05, 0) is 50.3 Å². The Morgan fingerprint density at radius 2 is 1.95 bits per heavy atom. The SMILES string of the molecule is Cc1cc(CNC(=O)C(O)CC(C)C)c2[nH]c(C)c(C)c2c1. The summed E-state index contributed by atoms with van der Waals surface area (Å²) < 4.78 is 0. The van der Waals surface area contributed by atoms with Crippen molar-refractivity contribution in [1.29, 1.82) is 0 Å². The molecule has 1 heterocycles. The Balaban J connectivity index is 2.18. The van der Waals surface area contributed by atoms with Crippen LogP contribution in [0.5, 0.6) is 0 Å². The normalized spacial score (nSPS) is 12.9. The molecule has 2 rings (SSSR count). The van der Waals surface area contributed by atoms with Crippen molar-refractivity contribution < 1.29 is 9.90 Å². The van der Waals surface area contributed by atoms with Gasteiger partial charge < -0.3 is 15.4 Å². The van der Waals surface area contributed by atoms with Crippen LogP contribution in [0.15, 0.2) is 12.1 Å². The van der Waals surface area contributed by atoms with Crippen molar-refractivity contribution in [3.63, 3.8) is 0 Å². The number of amides is 1. The molecule has 1 amide bonds. The van der Waals surface area contributed by atoms with E-state index in [-0.39, 0.29) is 5.91 Å². The van der Waals surface area contributed by atoms with Crippen LogP contribution in [0.25, 0.3) is 10.9 Å². The first-order chi connectivity index (χ1) is 10.3. The predicted octanol–water partition coefficient (Wildman–Crippen LogP) is 3.12. The summed E-state index contributed by atoms with van der Waals surface area (Å²) in [6.07, 6.45) is -0.456. The number of benzene rings is 1. The fraction of sp³-hybridized carbons (Fsp3) is 0.500. The monoisotopic (exact) mass is 302 g/mol. The first-order valence-corrected chi connectivity index (χ1v) is 7.83. The van der Waals surface area contributed by atoms with Crippen molar-refractivity contribution in [1.82, 2.24) is 10.3 Å². The smallest absolute Gasteiger partial charge is 0.249 e. The molecule has 3 N–H and O–H groups in total. The second-order valence-electron chi connectivity index (χ2n) is 6.58. The number of hydrogen-bond acceptors (Lipinski definition) is 2. The maximum Gasteiger partial charge on any atom is 0.249 e. The average molecular weight is 302 g/mol. The summed E-state index contributed by atoms with van der Waals surface area (Å²) in [7, 11) is 0. The van der Waals surface area contributed by atoms with Gasteiger partial charge in [0.1, 0.15) is 6.10 Å². The molecule has 0 bridgehead atoms. The van der Waals surface area contributed by atoms with E-state index in [4.69, 9.17) is 0 Å². The lowest BCUT2D eigenvalue weighted by Crippen LogP contribution is -2.35. The summed E-state index contributed by atoms with van der Waals surface area (Å²) in [5.41, 5.74) is 5.68. The minimum absolute atomic E-state index is 0.292. The van der Waals surface area contributed by atoms with Crippen LogP contribution in [0.1, 0.15) is 42.7 Å².